The standard InChI is InChI=1S/C13H17FN2O/c14-10-4-5-12(11(8-10)13(15)16)17-7-6-9-2-1-3-9/h4-5,8-9H,1-3,6-7H2,(H3,15,16). The Morgan fingerprint density at radius 1 is 1.47 bits per heavy atom. The molecule has 1 aliphatic rings. The predicted molar refractivity (Wildman–Crippen MR) is 64.9 cm³/mol. The van der Waals surface area contributed by atoms with Crippen LogP contribution in [0.15, 0.2) is 18.2 Å². The van der Waals surface area contributed by atoms with Gasteiger partial charge in [0.2, 0.25) is 0 Å². The molecule has 0 aliphatic heterocycles. The van der Waals surface area contributed by atoms with Crippen LogP contribution in [0.4, 0.5) is 4.39 Å². The van der Waals surface area contributed by atoms with E-state index in [4.69, 9.17) is 15.9 Å². The summed E-state index contributed by atoms with van der Waals surface area (Å²) < 4.78 is 18.6. The first kappa shape index (κ1) is 11.9. The van der Waals surface area contributed by atoms with E-state index in [2.05, 4.69) is 0 Å². The Labute approximate surface area is 100 Å². The van der Waals surface area contributed by atoms with Gasteiger partial charge in [-0.25, -0.2) is 4.39 Å². The molecule has 3 N–H and O–H groups in total. The third-order valence-electron chi connectivity index (χ3n) is 3.24. The molecule has 92 valence electrons. The SMILES string of the molecule is N=C(N)c1cc(F)ccc1OCCC1CCC1. The first-order chi connectivity index (χ1) is 8.16. The van der Waals surface area contributed by atoms with E-state index < -0.39 is 5.82 Å². The number of nitrogens with two attached hydrogens (primary N) is 1. The van der Waals surface area contributed by atoms with Crippen molar-refractivity contribution in [2.24, 2.45) is 11.7 Å². The topological polar surface area (TPSA) is 59.1 Å². The minimum atomic E-state index is -0.401. The molecule has 0 aromatic heterocycles. The van der Waals surface area contributed by atoms with Crippen molar-refractivity contribution in [3.05, 3.63) is 29.6 Å². The Bertz CT molecular complexity index is 416. The van der Waals surface area contributed by atoms with E-state index >= 15 is 0 Å². The minimum absolute atomic E-state index is 0.164. The van der Waals surface area contributed by atoms with Crippen LogP contribution in [0.2, 0.25) is 0 Å². The number of hydrogen-bond acceptors (Lipinski definition) is 2. The molecule has 0 bridgehead atoms. The molecule has 2 rings (SSSR count). The van der Waals surface area contributed by atoms with E-state index in [0.29, 0.717) is 17.9 Å². The molecule has 0 atom stereocenters. The minimum Gasteiger partial charge on any atom is -0.493 e. The summed E-state index contributed by atoms with van der Waals surface area (Å²) in [5.74, 6) is 0.708. The molecule has 1 fully saturated rings. The van der Waals surface area contributed by atoms with Crippen molar-refractivity contribution in [1.29, 1.82) is 5.41 Å². The molecule has 0 unspecified atom stereocenters. The molecule has 1 saturated carbocycles. The summed E-state index contributed by atoms with van der Waals surface area (Å²) >= 11 is 0. The fourth-order valence-corrected chi connectivity index (χ4v) is 1.96. The van der Waals surface area contributed by atoms with Gasteiger partial charge in [-0.15, -0.1) is 0 Å². The molecular weight excluding hydrogens is 219 g/mol. The predicted octanol–water partition coefficient (Wildman–Crippen LogP) is 2.68. The van der Waals surface area contributed by atoms with Crippen LogP contribution in [-0.2, 0) is 0 Å². The van der Waals surface area contributed by atoms with Gasteiger partial charge in [0.25, 0.3) is 0 Å². The van der Waals surface area contributed by atoms with Gasteiger partial charge in [0.1, 0.15) is 17.4 Å². The lowest BCUT2D eigenvalue weighted by Gasteiger charge is -2.25. The first-order valence-corrected chi connectivity index (χ1v) is 5.93. The second-order valence-corrected chi connectivity index (χ2v) is 4.49. The fourth-order valence-electron chi connectivity index (χ4n) is 1.96. The van der Waals surface area contributed by atoms with Crippen molar-refractivity contribution in [2.45, 2.75) is 25.7 Å². The fraction of sp³-hybridized carbons (Fsp3) is 0.462. The van der Waals surface area contributed by atoms with E-state index in [1.54, 1.807) is 0 Å². The normalized spacial score (nSPS) is 15.4. The molecule has 0 spiro atoms. The third-order valence-corrected chi connectivity index (χ3v) is 3.24. The average Bonchev–Trinajstić information content (AvgIpc) is 2.23. The van der Waals surface area contributed by atoms with Crippen LogP contribution < -0.4 is 10.5 Å². The number of nitrogen functional groups attached to an aromatic ring is 1. The van der Waals surface area contributed by atoms with Crippen molar-refractivity contribution in [3.63, 3.8) is 0 Å². The van der Waals surface area contributed by atoms with Crippen LogP contribution >= 0.6 is 0 Å². The van der Waals surface area contributed by atoms with Crippen molar-refractivity contribution in [2.75, 3.05) is 6.61 Å². The molecule has 3 nitrogen and oxygen atoms in total. The van der Waals surface area contributed by atoms with Crippen LogP contribution in [0.3, 0.4) is 0 Å². The Morgan fingerprint density at radius 3 is 2.82 bits per heavy atom. The lowest BCUT2D eigenvalue weighted by Crippen LogP contribution is -2.17. The summed E-state index contributed by atoms with van der Waals surface area (Å²) in [5, 5.41) is 7.37. The summed E-state index contributed by atoms with van der Waals surface area (Å²) in [5.41, 5.74) is 5.72. The van der Waals surface area contributed by atoms with Gasteiger partial charge in [-0.2, -0.15) is 0 Å². The molecule has 1 aromatic rings. The molecule has 0 amide bonds. The summed E-state index contributed by atoms with van der Waals surface area (Å²) in [7, 11) is 0. The zero-order valence-corrected chi connectivity index (χ0v) is 9.71. The molecular formula is C13H17FN2O. The van der Waals surface area contributed by atoms with Crippen LogP contribution in [0.25, 0.3) is 0 Å². The number of ether oxygens (including phenoxy) is 1. The zero-order valence-electron chi connectivity index (χ0n) is 9.71. The van der Waals surface area contributed by atoms with Crippen LogP contribution in [0, 0.1) is 17.1 Å². The summed E-state index contributed by atoms with van der Waals surface area (Å²) in [4.78, 5) is 0. The number of rotatable bonds is 5. The van der Waals surface area contributed by atoms with E-state index in [-0.39, 0.29) is 5.84 Å². The second kappa shape index (κ2) is 5.17. The molecule has 1 aromatic carbocycles. The highest BCUT2D eigenvalue weighted by Crippen LogP contribution is 2.29. The smallest absolute Gasteiger partial charge is 0.130 e. The molecule has 0 saturated heterocycles. The highest BCUT2D eigenvalue weighted by atomic mass is 19.1. The summed E-state index contributed by atoms with van der Waals surface area (Å²) in [6.45, 7) is 0.608. The Balaban J connectivity index is 1.96. The monoisotopic (exact) mass is 236 g/mol. The summed E-state index contributed by atoms with van der Waals surface area (Å²) in [6.07, 6.45) is 4.91. The second-order valence-electron chi connectivity index (χ2n) is 4.49. The van der Waals surface area contributed by atoms with Crippen LogP contribution in [-0.4, -0.2) is 12.4 Å². The van der Waals surface area contributed by atoms with Gasteiger partial charge in [0.15, 0.2) is 0 Å². The Hall–Kier alpha value is -1.58. The van der Waals surface area contributed by atoms with Gasteiger partial charge in [0.05, 0.1) is 12.2 Å². The molecule has 4 heteroatoms. The maximum absolute atomic E-state index is 13.0. The third kappa shape index (κ3) is 2.96. The van der Waals surface area contributed by atoms with Gasteiger partial charge < -0.3 is 10.5 Å². The quantitative estimate of drug-likeness (QED) is 0.610. The van der Waals surface area contributed by atoms with Crippen molar-refractivity contribution < 1.29 is 9.13 Å². The van der Waals surface area contributed by atoms with E-state index in [0.717, 1.165) is 12.3 Å². The molecule has 0 radical (unpaired) electrons. The lowest BCUT2D eigenvalue weighted by molar-refractivity contribution is 0.221. The van der Waals surface area contributed by atoms with E-state index in [1.807, 2.05) is 0 Å². The lowest BCUT2D eigenvalue weighted by atomic mass is 9.83. The van der Waals surface area contributed by atoms with Gasteiger partial charge in [-0.3, -0.25) is 5.41 Å². The molecule has 17 heavy (non-hydrogen) atoms. The van der Waals surface area contributed by atoms with Gasteiger partial charge in [-0.1, -0.05) is 19.3 Å². The molecule has 0 heterocycles. The number of nitrogens with one attached hydrogen (secondary N) is 1. The van der Waals surface area contributed by atoms with Crippen LogP contribution in [0.5, 0.6) is 5.75 Å². The summed E-state index contributed by atoms with van der Waals surface area (Å²) in [6, 6.07) is 4.10. The maximum atomic E-state index is 13.0. The molecule has 1 aliphatic carbocycles. The van der Waals surface area contributed by atoms with E-state index in [1.165, 1.54) is 37.5 Å². The van der Waals surface area contributed by atoms with Crippen molar-refractivity contribution >= 4 is 5.84 Å². The van der Waals surface area contributed by atoms with Gasteiger partial charge in [0, 0.05) is 0 Å². The van der Waals surface area contributed by atoms with E-state index in [9.17, 15) is 4.39 Å². The Morgan fingerprint density at radius 2 is 2.24 bits per heavy atom. The van der Waals surface area contributed by atoms with Crippen LogP contribution in [0.1, 0.15) is 31.2 Å². The van der Waals surface area contributed by atoms with Crippen molar-refractivity contribution in [1.82, 2.24) is 0 Å². The maximum Gasteiger partial charge on any atom is 0.130 e. The first-order valence-electron chi connectivity index (χ1n) is 5.93. The Kier molecular flexibility index (Phi) is 3.61. The average molecular weight is 236 g/mol. The highest BCUT2D eigenvalue weighted by Gasteiger charge is 2.17. The highest BCUT2D eigenvalue weighted by molar-refractivity contribution is 5.97. The number of benzene rings is 1. The number of hydrogen-bond donors (Lipinski definition) is 2. The number of amidine groups is 1. The zero-order chi connectivity index (χ0) is 12.3. The largest absolute Gasteiger partial charge is 0.493 e. The van der Waals surface area contributed by atoms with Gasteiger partial charge in [-0.05, 0) is 30.5 Å². The van der Waals surface area contributed by atoms with Crippen molar-refractivity contribution in [3.8, 4) is 5.75 Å². The van der Waals surface area contributed by atoms with Gasteiger partial charge >= 0.3 is 0 Å². The number of halogens is 1.